The maximum atomic E-state index is 13.1. The number of aromatic amines is 1. The monoisotopic (exact) mass is 563 g/mol. The Morgan fingerprint density at radius 3 is 2.73 bits per heavy atom. The fourth-order valence-electron chi connectivity index (χ4n) is 4.63. The van der Waals surface area contributed by atoms with Gasteiger partial charge in [-0.2, -0.15) is 16.4 Å². The van der Waals surface area contributed by atoms with Gasteiger partial charge in [-0.1, -0.05) is 23.2 Å². The number of aryl methyl sites for hydroxylation is 1. The first-order chi connectivity index (χ1) is 17.8. The van der Waals surface area contributed by atoms with Gasteiger partial charge in [-0.3, -0.25) is 15.2 Å². The molecule has 0 aromatic carbocycles. The van der Waals surface area contributed by atoms with Gasteiger partial charge in [-0.15, -0.1) is 0 Å². The Bertz CT molecular complexity index is 1160. The summed E-state index contributed by atoms with van der Waals surface area (Å²) in [4.78, 5) is 34.1. The second kappa shape index (κ2) is 12.7. The van der Waals surface area contributed by atoms with Crippen LogP contribution in [-0.4, -0.2) is 68.6 Å². The lowest BCUT2D eigenvalue weighted by Gasteiger charge is -2.40. The first-order valence-electron chi connectivity index (χ1n) is 12.2. The summed E-state index contributed by atoms with van der Waals surface area (Å²) in [7, 11) is 0. The number of anilines is 1. The largest absolute Gasteiger partial charge is 0.352 e. The van der Waals surface area contributed by atoms with Crippen LogP contribution in [0.25, 0.3) is 0 Å². The van der Waals surface area contributed by atoms with Crippen LogP contribution in [0, 0.1) is 6.92 Å². The van der Waals surface area contributed by atoms with Crippen molar-refractivity contribution in [2.24, 2.45) is 0 Å². The Kier molecular flexibility index (Phi) is 9.42. The second-order valence-electron chi connectivity index (χ2n) is 9.25. The molecule has 1 aliphatic heterocycles. The van der Waals surface area contributed by atoms with E-state index in [2.05, 4.69) is 49.1 Å². The summed E-state index contributed by atoms with van der Waals surface area (Å²) < 4.78 is 0. The highest BCUT2D eigenvalue weighted by Crippen LogP contribution is 2.24. The maximum absolute atomic E-state index is 13.1. The summed E-state index contributed by atoms with van der Waals surface area (Å²) in [5.74, 6) is 0.337. The van der Waals surface area contributed by atoms with E-state index in [4.69, 9.17) is 23.2 Å². The van der Waals surface area contributed by atoms with Crippen molar-refractivity contribution in [1.82, 2.24) is 30.3 Å². The standard InChI is InChI=1S/C25H31Cl2N7O2S/c1-16-13-20(26)30-23(27)22(16)24(35)28-8-3-17(2)33-10-5-19(6-11-33)34(14-18-7-12-37-15-18)25(36)31-21-4-9-29-32-21/h4,7,9,12-13,15,17,19H,3,5-6,8,10-11,14H2,1-2H3,(H,28,35)(H2,29,31,32,36)/t17-/m1/s1. The number of hydrogen-bond donors (Lipinski definition) is 3. The number of piperidine rings is 1. The maximum Gasteiger partial charge on any atom is 0.323 e. The van der Waals surface area contributed by atoms with E-state index in [1.54, 1.807) is 36.6 Å². The van der Waals surface area contributed by atoms with Gasteiger partial charge in [0.1, 0.15) is 16.1 Å². The van der Waals surface area contributed by atoms with Crippen molar-refractivity contribution in [3.63, 3.8) is 0 Å². The minimum atomic E-state index is -0.245. The van der Waals surface area contributed by atoms with Crippen LogP contribution in [0.2, 0.25) is 10.3 Å². The lowest BCUT2D eigenvalue weighted by atomic mass is 10.0. The molecule has 37 heavy (non-hydrogen) atoms. The first kappa shape index (κ1) is 27.4. The number of nitrogens with one attached hydrogen (secondary N) is 3. The van der Waals surface area contributed by atoms with E-state index in [1.807, 2.05) is 10.3 Å². The van der Waals surface area contributed by atoms with E-state index in [-0.39, 0.29) is 34.3 Å². The molecule has 1 saturated heterocycles. The molecule has 0 saturated carbocycles. The Morgan fingerprint density at radius 1 is 1.30 bits per heavy atom. The number of aromatic nitrogens is 3. The second-order valence-corrected chi connectivity index (χ2v) is 10.8. The molecule has 4 rings (SSSR count). The number of carbonyl (C=O) groups excluding carboxylic acids is 2. The molecule has 0 radical (unpaired) electrons. The van der Waals surface area contributed by atoms with Crippen molar-refractivity contribution < 1.29 is 9.59 Å². The molecule has 3 aromatic rings. The molecule has 3 aromatic heterocycles. The zero-order chi connectivity index (χ0) is 26.4. The van der Waals surface area contributed by atoms with Crippen molar-refractivity contribution in [2.75, 3.05) is 25.0 Å². The number of pyridine rings is 1. The van der Waals surface area contributed by atoms with Gasteiger partial charge in [0.15, 0.2) is 0 Å². The molecule has 1 atom stereocenters. The molecule has 0 unspecified atom stereocenters. The number of rotatable bonds is 9. The highest BCUT2D eigenvalue weighted by molar-refractivity contribution is 7.07. The van der Waals surface area contributed by atoms with Crippen LogP contribution in [0.1, 0.15) is 47.7 Å². The molecule has 12 heteroatoms. The molecule has 4 heterocycles. The van der Waals surface area contributed by atoms with Gasteiger partial charge in [0, 0.05) is 44.3 Å². The number of likely N-dealkylation sites (tertiary alicyclic amines) is 1. The number of H-pyrrole nitrogens is 1. The third-order valence-corrected chi connectivity index (χ3v) is 7.91. The minimum absolute atomic E-state index is 0.112. The van der Waals surface area contributed by atoms with Crippen molar-refractivity contribution >= 4 is 52.3 Å². The highest BCUT2D eigenvalue weighted by Gasteiger charge is 2.30. The lowest BCUT2D eigenvalue weighted by Crippen LogP contribution is -2.50. The SMILES string of the molecule is Cc1cc(Cl)nc(Cl)c1C(=O)NCC[C@@H](C)N1CCC(N(Cc2ccsc2)C(=O)Nc2ccn[nH]2)CC1. The Hall–Kier alpha value is -2.66. The van der Waals surface area contributed by atoms with Crippen LogP contribution < -0.4 is 10.6 Å². The van der Waals surface area contributed by atoms with Gasteiger partial charge in [-0.05, 0) is 67.1 Å². The third kappa shape index (κ3) is 7.22. The third-order valence-electron chi connectivity index (χ3n) is 6.72. The number of hydrogen-bond acceptors (Lipinski definition) is 6. The smallest absolute Gasteiger partial charge is 0.323 e. The van der Waals surface area contributed by atoms with Gasteiger partial charge < -0.3 is 15.1 Å². The quantitative estimate of drug-likeness (QED) is 0.310. The summed E-state index contributed by atoms with van der Waals surface area (Å²) in [5.41, 5.74) is 2.18. The van der Waals surface area contributed by atoms with Crippen molar-refractivity contribution in [1.29, 1.82) is 0 Å². The summed E-state index contributed by atoms with van der Waals surface area (Å²) in [6.45, 7) is 6.81. The molecule has 3 N–H and O–H groups in total. The van der Waals surface area contributed by atoms with Crippen LogP contribution in [0.15, 0.2) is 35.2 Å². The van der Waals surface area contributed by atoms with E-state index in [9.17, 15) is 9.59 Å². The number of halogens is 2. The fourth-order valence-corrected chi connectivity index (χ4v) is 5.91. The van der Waals surface area contributed by atoms with E-state index in [0.29, 0.717) is 30.0 Å². The van der Waals surface area contributed by atoms with E-state index in [1.165, 1.54) is 0 Å². The Labute approximate surface area is 230 Å². The molecular formula is C25H31Cl2N7O2S. The van der Waals surface area contributed by atoms with Gasteiger partial charge in [-0.25, -0.2) is 9.78 Å². The first-order valence-corrected chi connectivity index (χ1v) is 13.9. The molecule has 1 fully saturated rings. The Morgan fingerprint density at radius 2 is 2.08 bits per heavy atom. The number of nitrogens with zero attached hydrogens (tertiary/aromatic N) is 4. The normalized spacial score (nSPS) is 15.4. The van der Waals surface area contributed by atoms with Crippen LogP contribution in [0.5, 0.6) is 0 Å². The predicted octanol–water partition coefficient (Wildman–Crippen LogP) is 5.19. The van der Waals surface area contributed by atoms with Crippen molar-refractivity contribution in [3.05, 3.63) is 62.2 Å². The van der Waals surface area contributed by atoms with Gasteiger partial charge in [0.2, 0.25) is 0 Å². The average molecular weight is 565 g/mol. The molecule has 9 nitrogen and oxygen atoms in total. The minimum Gasteiger partial charge on any atom is -0.352 e. The van der Waals surface area contributed by atoms with Crippen LogP contribution >= 0.6 is 34.5 Å². The van der Waals surface area contributed by atoms with Crippen LogP contribution in [0.3, 0.4) is 0 Å². The van der Waals surface area contributed by atoms with Crippen LogP contribution in [-0.2, 0) is 6.54 Å². The molecule has 1 aliphatic rings. The molecule has 3 amide bonds. The highest BCUT2D eigenvalue weighted by atomic mass is 35.5. The molecule has 198 valence electrons. The van der Waals surface area contributed by atoms with Crippen molar-refractivity contribution in [2.45, 2.75) is 51.7 Å². The summed E-state index contributed by atoms with van der Waals surface area (Å²) in [5, 5.41) is 17.1. The van der Waals surface area contributed by atoms with Gasteiger partial charge >= 0.3 is 6.03 Å². The van der Waals surface area contributed by atoms with Gasteiger partial charge in [0.05, 0.1) is 11.8 Å². The topological polar surface area (TPSA) is 106 Å². The van der Waals surface area contributed by atoms with E-state index >= 15 is 0 Å². The van der Waals surface area contributed by atoms with Gasteiger partial charge in [0.25, 0.3) is 5.91 Å². The Balaban J connectivity index is 1.28. The van der Waals surface area contributed by atoms with E-state index < -0.39 is 0 Å². The van der Waals surface area contributed by atoms with E-state index in [0.717, 1.165) is 37.9 Å². The summed E-state index contributed by atoms with van der Waals surface area (Å²) >= 11 is 13.7. The fraction of sp³-hybridized carbons (Fsp3) is 0.440. The number of urea groups is 1. The summed E-state index contributed by atoms with van der Waals surface area (Å²) in [6.07, 6.45) is 4.17. The molecule has 0 spiro atoms. The predicted molar refractivity (Wildman–Crippen MR) is 147 cm³/mol. The molecule has 0 bridgehead atoms. The average Bonchev–Trinajstić information content (AvgIpc) is 3.56. The van der Waals surface area contributed by atoms with Crippen molar-refractivity contribution in [3.8, 4) is 0 Å². The lowest BCUT2D eigenvalue weighted by molar-refractivity contribution is 0.0919. The number of carbonyl (C=O) groups is 2. The number of amides is 3. The zero-order valence-corrected chi connectivity index (χ0v) is 23.2. The molecule has 0 aliphatic carbocycles. The molecular weight excluding hydrogens is 533 g/mol. The van der Waals surface area contributed by atoms with Crippen LogP contribution in [0.4, 0.5) is 10.6 Å². The summed E-state index contributed by atoms with van der Waals surface area (Å²) in [6, 6.07) is 5.71. The number of thiophene rings is 1. The zero-order valence-electron chi connectivity index (χ0n) is 20.8.